The molecule has 32 heavy (non-hydrogen) atoms. The predicted molar refractivity (Wildman–Crippen MR) is 123 cm³/mol. The molecule has 4 aromatic rings. The van der Waals surface area contributed by atoms with Crippen LogP contribution in [0.25, 0.3) is 11.3 Å². The molecule has 0 saturated carbocycles. The number of aromatic nitrogens is 2. The molecule has 0 atom stereocenters. The van der Waals surface area contributed by atoms with E-state index in [0.717, 1.165) is 5.69 Å². The fraction of sp³-hybridized carbons (Fsp3) is 0. The fourth-order valence-corrected chi connectivity index (χ4v) is 3.18. The SMILES string of the molecule is O=C(Nc1ccc(Oc2cccnc2)cc1)c1cc(-c2ccc3c(n2)NNN3)ccc1F.[HH].[HH]. The number of benzene rings is 2. The van der Waals surface area contributed by atoms with Crippen molar-refractivity contribution in [1.29, 1.82) is 0 Å². The molecule has 0 spiro atoms. The average molecular weight is 432 g/mol. The molecule has 8 nitrogen and oxygen atoms in total. The van der Waals surface area contributed by atoms with Crippen molar-refractivity contribution in [2.75, 3.05) is 16.2 Å². The Bertz CT molecular complexity index is 1290. The largest absolute Gasteiger partial charge is 0.456 e. The number of hydrogen-bond donors (Lipinski definition) is 4. The first-order chi connectivity index (χ1) is 15.7. The summed E-state index contributed by atoms with van der Waals surface area (Å²) < 4.78 is 20.1. The van der Waals surface area contributed by atoms with Gasteiger partial charge in [0, 0.05) is 20.3 Å². The Labute approximate surface area is 185 Å². The van der Waals surface area contributed by atoms with Crippen molar-refractivity contribution in [3.8, 4) is 22.8 Å². The molecular weight excluding hydrogens is 411 g/mol. The van der Waals surface area contributed by atoms with E-state index in [2.05, 4.69) is 31.7 Å². The summed E-state index contributed by atoms with van der Waals surface area (Å²) in [5.41, 5.74) is 11.0. The molecule has 0 aliphatic carbocycles. The van der Waals surface area contributed by atoms with Crippen molar-refractivity contribution in [2.45, 2.75) is 0 Å². The van der Waals surface area contributed by atoms with Crippen molar-refractivity contribution in [2.24, 2.45) is 0 Å². The second-order valence-electron chi connectivity index (χ2n) is 6.93. The second-order valence-corrected chi connectivity index (χ2v) is 6.93. The molecule has 2 aromatic carbocycles. The molecular formula is C23H21FN6O2. The molecule has 1 amide bonds. The normalized spacial score (nSPS) is 11.8. The van der Waals surface area contributed by atoms with Crippen LogP contribution < -0.4 is 26.4 Å². The molecule has 0 saturated heterocycles. The smallest absolute Gasteiger partial charge is 0.258 e. The summed E-state index contributed by atoms with van der Waals surface area (Å²) in [6, 6.07) is 18.3. The van der Waals surface area contributed by atoms with Gasteiger partial charge in [-0.1, -0.05) is 0 Å². The minimum Gasteiger partial charge on any atom is -0.456 e. The number of anilines is 3. The number of carbonyl (C=O) groups excluding carboxylic acids is 1. The number of nitrogens with one attached hydrogen (secondary N) is 4. The average Bonchev–Trinajstić information content (AvgIpc) is 3.29. The standard InChI is InChI=1S/C23H17FN6O2.2H2/c24-19-8-3-14(20-9-10-21-22(27-20)29-30-28-21)12-18(19)23(31)26-15-4-6-16(7-5-15)32-17-2-1-11-25-13-17;;/h1-13,28,30H,(H,26,31)(H,27,29);2*1H. The second kappa shape index (κ2) is 8.32. The number of hydrogen-bond acceptors (Lipinski definition) is 7. The molecule has 0 radical (unpaired) electrons. The third-order valence-corrected chi connectivity index (χ3v) is 4.76. The zero-order valence-electron chi connectivity index (χ0n) is 16.6. The molecule has 5 rings (SSSR count). The van der Waals surface area contributed by atoms with Gasteiger partial charge in [-0.05, 0) is 66.7 Å². The highest BCUT2D eigenvalue weighted by Crippen LogP contribution is 2.28. The lowest BCUT2D eigenvalue weighted by Gasteiger charge is -2.10. The van der Waals surface area contributed by atoms with E-state index in [-0.39, 0.29) is 8.42 Å². The van der Waals surface area contributed by atoms with Gasteiger partial charge in [0.1, 0.15) is 17.3 Å². The van der Waals surface area contributed by atoms with E-state index in [1.54, 1.807) is 60.9 Å². The molecule has 4 N–H and O–H groups in total. The van der Waals surface area contributed by atoms with Gasteiger partial charge in [0.15, 0.2) is 5.82 Å². The Hall–Kier alpha value is -4.50. The van der Waals surface area contributed by atoms with Gasteiger partial charge in [-0.15, -0.1) is 5.53 Å². The van der Waals surface area contributed by atoms with Gasteiger partial charge in [-0.3, -0.25) is 15.2 Å². The van der Waals surface area contributed by atoms with Crippen LogP contribution in [-0.4, -0.2) is 15.9 Å². The lowest BCUT2D eigenvalue weighted by molar-refractivity contribution is 0.102. The van der Waals surface area contributed by atoms with E-state index in [9.17, 15) is 9.18 Å². The number of hydrazine groups is 2. The number of rotatable bonds is 5. The highest BCUT2D eigenvalue weighted by atomic mass is 19.1. The maximum absolute atomic E-state index is 14.4. The van der Waals surface area contributed by atoms with Crippen LogP contribution >= 0.6 is 0 Å². The van der Waals surface area contributed by atoms with Gasteiger partial charge in [0.25, 0.3) is 5.91 Å². The van der Waals surface area contributed by atoms with Crippen LogP contribution in [0.2, 0.25) is 0 Å². The predicted octanol–water partition coefficient (Wildman–Crippen LogP) is 5.08. The van der Waals surface area contributed by atoms with Crippen LogP contribution in [0.5, 0.6) is 11.5 Å². The van der Waals surface area contributed by atoms with Crippen LogP contribution in [0.4, 0.5) is 21.6 Å². The number of ether oxygens (including phenoxy) is 1. The number of fused-ring (bicyclic) bond motifs is 1. The Morgan fingerprint density at radius 2 is 1.88 bits per heavy atom. The monoisotopic (exact) mass is 432 g/mol. The van der Waals surface area contributed by atoms with E-state index < -0.39 is 11.7 Å². The number of pyridine rings is 2. The highest BCUT2D eigenvalue weighted by Gasteiger charge is 2.16. The third-order valence-electron chi connectivity index (χ3n) is 4.76. The molecule has 0 fully saturated rings. The van der Waals surface area contributed by atoms with Crippen LogP contribution in [0, 0.1) is 5.82 Å². The number of amides is 1. The maximum atomic E-state index is 14.4. The summed E-state index contributed by atoms with van der Waals surface area (Å²) >= 11 is 0. The van der Waals surface area contributed by atoms with Crippen molar-refractivity contribution < 1.29 is 16.8 Å². The number of nitrogens with zero attached hydrogens (tertiary/aromatic N) is 2. The van der Waals surface area contributed by atoms with Crippen molar-refractivity contribution in [3.05, 3.63) is 90.5 Å². The van der Waals surface area contributed by atoms with E-state index in [1.165, 1.54) is 12.1 Å². The summed E-state index contributed by atoms with van der Waals surface area (Å²) in [5.74, 6) is 0.624. The molecule has 3 heterocycles. The van der Waals surface area contributed by atoms with E-state index >= 15 is 0 Å². The van der Waals surface area contributed by atoms with Gasteiger partial charge >= 0.3 is 0 Å². The summed E-state index contributed by atoms with van der Waals surface area (Å²) in [4.78, 5) is 21.2. The van der Waals surface area contributed by atoms with Crippen LogP contribution in [0.3, 0.4) is 0 Å². The minimum absolute atomic E-state index is 0. The zero-order chi connectivity index (χ0) is 21.9. The molecule has 2 aromatic heterocycles. The van der Waals surface area contributed by atoms with Gasteiger partial charge in [0.2, 0.25) is 0 Å². The van der Waals surface area contributed by atoms with Gasteiger partial charge < -0.3 is 15.5 Å². The Balaban J connectivity index is 0.00000162. The summed E-state index contributed by atoms with van der Waals surface area (Å²) in [5, 5.41) is 2.71. The maximum Gasteiger partial charge on any atom is 0.258 e. The molecule has 1 aliphatic rings. The first-order valence-electron chi connectivity index (χ1n) is 9.73. The number of carbonyl (C=O) groups is 1. The first kappa shape index (κ1) is 19.5. The molecule has 162 valence electrons. The zero-order valence-corrected chi connectivity index (χ0v) is 16.6. The lowest BCUT2D eigenvalue weighted by atomic mass is 10.1. The topological polar surface area (TPSA) is 100 Å². The van der Waals surface area contributed by atoms with E-state index in [4.69, 9.17) is 4.74 Å². The van der Waals surface area contributed by atoms with Gasteiger partial charge in [-0.2, -0.15) is 0 Å². The lowest BCUT2D eigenvalue weighted by Crippen LogP contribution is -2.19. The van der Waals surface area contributed by atoms with Crippen molar-refractivity contribution in [1.82, 2.24) is 15.5 Å². The quantitative estimate of drug-likeness (QED) is 0.349. The molecule has 9 heteroatoms. The van der Waals surface area contributed by atoms with Gasteiger partial charge in [-0.25, -0.2) is 9.37 Å². The van der Waals surface area contributed by atoms with Crippen molar-refractivity contribution in [3.63, 3.8) is 0 Å². The Morgan fingerprint density at radius 3 is 2.69 bits per heavy atom. The summed E-state index contributed by atoms with van der Waals surface area (Å²) in [6.45, 7) is 0. The molecule has 0 bridgehead atoms. The van der Waals surface area contributed by atoms with E-state index in [1.807, 2.05) is 6.07 Å². The van der Waals surface area contributed by atoms with Crippen LogP contribution in [0.15, 0.2) is 79.1 Å². The van der Waals surface area contributed by atoms with Crippen LogP contribution in [-0.2, 0) is 0 Å². The van der Waals surface area contributed by atoms with Crippen LogP contribution in [0.1, 0.15) is 13.2 Å². The third kappa shape index (κ3) is 4.05. The highest BCUT2D eigenvalue weighted by molar-refractivity contribution is 6.05. The summed E-state index contributed by atoms with van der Waals surface area (Å²) in [7, 11) is 0. The first-order valence-corrected chi connectivity index (χ1v) is 9.73. The fourth-order valence-electron chi connectivity index (χ4n) is 3.18. The minimum atomic E-state index is -0.620. The van der Waals surface area contributed by atoms with Crippen molar-refractivity contribution >= 4 is 23.1 Å². The van der Waals surface area contributed by atoms with Gasteiger partial charge in [0.05, 0.1) is 23.1 Å². The Kier molecular flexibility index (Phi) is 5.06. The van der Waals surface area contributed by atoms with E-state index in [0.29, 0.717) is 34.3 Å². The molecule has 0 unspecified atom stereocenters. The Morgan fingerprint density at radius 1 is 1.00 bits per heavy atom. The number of halogens is 1. The molecule has 1 aliphatic heterocycles. The summed E-state index contributed by atoms with van der Waals surface area (Å²) in [6.07, 6.45) is 3.26.